The third kappa shape index (κ3) is 3.20. The Hall–Kier alpha value is -3.34. The normalized spacial score (nSPS) is 15.5. The molecule has 5 nitrogen and oxygen atoms in total. The molecule has 1 aliphatic heterocycles. The summed E-state index contributed by atoms with van der Waals surface area (Å²) in [6, 6.07) is 17.6. The van der Waals surface area contributed by atoms with Crippen molar-refractivity contribution in [2.45, 2.75) is 26.6 Å². The van der Waals surface area contributed by atoms with Crippen molar-refractivity contribution in [1.29, 1.82) is 0 Å². The molecule has 0 aliphatic carbocycles. The Morgan fingerprint density at radius 1 is 1.04 bits per heavy atom. The number of rotatable bonds is 5. The number of carbonyl (C=O) groups excluding carboxylic acids is 1. The monoisotopic (exact) mass is 373 g/mol. The van der Waals surface area contributed by atoms with Crippen LogP contribution in [0.15, 0.2) is 60.8 Å². The number of ether oxygens (including phenoxy) is 1. The first-order valence-corrected chi connectivity index (χ1v) is 9.30. The Morgan fingerprint density at radius 2 is 1.75 bits per heavy atom. The Kier molecular flexibility index (Phi) is 4.74. The van der Waals surface area contributed by atoms with E-state index in [1.165, 1.54) is 0 Å². The summed E-state index contributed by atoms with van der Waals surface area (Å²) in [5.41, 5.74) is 5.78. The van der Waals surface area contributed by atoms with Gasteiger partial charge in [0.2, 0.25) is 0 Å². The maximum Gasteiger partial charge on any atom is 0.258 e. The molecule has 3 aromatic rings. The zero-order chi connectivity index (χ0) is 19.7. The van der Waals surface area contributed by atoms with E-state index in [0.29, 0.717) is 12.1 Å². The summed E-state index contributed by atoms with van der Waals surface area (Å²) in [4.78, 5) is 19.5. The number of amides is 1. The Labute approximate surface area is 165 Å². The van der Waals surface area contributed by atoms with E-state index in [1.807, 2.05) is 47.4 Å². The van der Waals surface area contributed by atoms with Crippen molar-refractivity contribution in [3.05, 3.63) is 88.7 Å². The lowest BCUT2D eigenvalue weighted by atomic mass is 10.1. The van der Waals surface area contributed by atoms with Crippen LogP contribution in [0.3, 0.4) is 0 Å². The number of anilines is 1. The van der Waals surface area contributed by atoms with Crippen molar-refractivity contribution < 1.29 is 9.53 Å². The number of para-hydroxylation sites is 1. The van der Waals surface area contributed by atoms with Crippen LogP contribution in [0, 0.1) is 13.8 Å². The number of aromatic nitrogens is 1. The highest BCUT2D eigenvalue weighted by atomic mass is 16.5. The zero-order valence-electron chi connectivity index (χ0n) is 16.3. The molecule has 1 aromatic heterocycles. The lowest BCUT2D eigenvalue weighted by Gasteiger charge is -2.28. The first-order chi connectivity index (χ1) is 13.6. The van der Waals surface area contributed by atoms with Crippen LogP contribution < -0.4 is 10.1 Å². The van der Waals surface area contributed by atoms with Crippen LogP contribution in [0.4, 0.5) is 5.69 Å². The molecule has 5 heteroatoms. The van der Waals surface area contributed by atoms with E-state index in [9.17, 15) is 4.79 Å². The van der Waals surface area contributed by atoms with E-state index in [2.05, 4.69) is 36.3 Å². The number of nitrogens with one attached hydrogen (secondary N) is 1. The van der Waals surface area contributed by atoms with Crippen molar-refractivity contribution in [2.75, 3.05) is 12.4 Å². The van der Waals surface area contributed by atoms with Gasteiger partial charge in [-0.25, -0.2) is 0 Å². The minimum absolute atomic E-state index is 0.0114. The predicted octanol–water partition coefficient (Wildman–Crippen LogP) is 4.47. The minimum atomic E-state index is -0.314. The molecule has 1 amide bonds. The number of benzene rings is 2. The largest absolute Gasteiger partial charge is 0.497 e. The quantitative estimate of drug-likeness (QED) is 0.717. The molecule has 0 saturated heterocycles. The number of pyridine rings is 1. The molecule has 28 heavy (non-hydrogen) atoms. The molecule has 2 aromatic carbocycles. The molecule has 1 atom stereocenters. The Bertz CT molecular complexity index is 994. The van der Waals surface area contributed by atoms with Crippen LogP contribution in [0.2, 0.25) is 0 Å². The van der Waals surface area contributed by atoms with Gasteiger partial charge in [0.1, 0.15) is 11.9 Å². The third-order valence-corrected chi connectivity index (χ3v) is 5.17. The number of hydrogen-bond acceptors (Lipinski definition) is 4. The SMILES string of the molecule is COc1ccc(CN2C(=O)c3cccnc3[C@@H]2Nc2c(C)cccc2C)cc1. The standard InChI is InChI=1S/C23H23N3O2/c1-15-6-4-7-16(2)20(15)25-22-21-19(8-5-13-24-21)23(27)26(22)14-17-9-11-18(28-3)12-10-17/h4-13,22,25H,14H2,1-3H3/t22-/m1/s1. The van der Waals surface area contributed by atoms with Gasteiger partial charge in [0.25, 0.3) is 5.91 Å². The van der Waals surface area contributed by atoms with Gasteiger partial charge in [0.05, 0.1) is 18.4 Å². The van der Waals surface area contributed by atoms with Crippen LogP contribution >= 0.6 is 0 Å². The topological polar surface area (TPSA) is 54.5 Å². The van der Waals surface area contributed by atoms with Crippen molar-refractivity contribution >= 4 is 11.6 Å². The molecule has 0 spiro atoms. The van der Waals surface area contributed by atoms with Crippen LogP contribution in [-0.4, -0.2) is 22.9 Å². The van der Waals surface area contributed by atoms with Crippen LogP contribution in [0.5, 0.6) is 5.75 Å². The number of hydrogen-bond donors (Lipinski definition) is 1. The molecule has 142 valence electrons. The Balaban J connectivity index is 1.70. The fourth-order valence-corrected chi connectivity index (χ4v) is 3.65. The lowest BCUT2D eigenvalue weighted by Crippen LogP contribution is -2.32. The van der Waals surface area contributed by atoms with E-state index < -0.39 is 0 Å². The van der Waals surface area contributed by atoms with Crippen LogP contribution in [0.1, 0.15) is 38.9 Å². The number of nitrogens with zero attached hydrogens (tertiary/aromatic N) is 2. The van der Waals surface area contributed by atoms with Gasteiger partial charge in [-0.15, -0.1) is 0 Å². The summed E-state index contributed by atoms with van der Waals surface area (Å²) in [6.07, 6.45) is 1.42. The van der Waals surface area contributed by atoms with Crippen molar-refractivity contribution in [1.82, 2.24) is 9.88 Å². The second-order valence-electron chi connectivity index (χ2n) is 7.03. The van der Waals surface area contributed by atoms with E-state index in [0.717, 1.165) is 33.8 Å². The number of fused-ring (bicyclic) bond motifs is 1. The van der Waals surface area contributed by atoms with Gasteiger partial charge in [-0.1, -0.05) is 30.3 Å². The number of carbonyl (C=O) groups is 1. The average Bonchev–Trinajstić information content (AvgIpc) is 2.97. The van der Waals surface area contributed by atoms with Gasteiger partial charge in [-0.3, -0.25) is 9.78 Å². The predicted molar refractivity (Wildman–Crippen MR) is 109 cm³/mol. The second-order valence-corrected chi connectivity index (χ2v) is 7.03. The van der Waals surface area contributed by atoms with E-state index in [1.54, 1.807) is 13.3 Å². The molecular weight excluding hydrogens is 350 g/mol. The first-order valence-electron chi connectivity index (χ1n) is 9.30. The minimum Gasteiger partial charge on any atom is -0.497 e. The van der Waals surface area contributed by atoms with Crippen molar-refractivity contribution in [3.8, 4) is 5.75 Å². The van der Waals surface area contributed by atoms with Gasteiger partial charge < -0.3 is 15.0 Å². The third-order valence-electron chi connectivity index (χ3n) is 5.17. The van der Waals surface area contributed by atoms with E-state index in [4.69, 9.17) is 4.74 Å². The molecule has 0 bridgehead atoms. The lowest BCUT2D eigenvalue weighted by molar-refractivity contribution is 0.0727. The summed E-state index contributed by atoms with van der Waals surface area (Å²) in [5, 5.41) is 3.57. The molecule has 2 heterocycles. The molecule has 0 fully saturated rings. The molecule has 4 rings (SSSR count). The molecule has 1 aliphatic rings. The smallest absolute Gasteiger partial charge is 0.258 e. The number of aryl methyl sites for hydroxylation is 2. The molecule has 0 unspecified atom stereocenters. The molecule has 0 saturated carbocycles. The van der Waals surface area contributed by atoms with Crippen molar-refractivity contribution in [2.24, 2.45) is 0 Å². The molecule has 1 N–H and O–H groups in total. The molecular formula is C23H23N3O2. The summed E-state index contributed by atoms with van der Waals surface area (Å²) in [5.74, 6) is 0.786. The summed E-state index contributed by atoms with van der Waals surface area (Å²) in [7, 11) is 1.64. The summed E-state index contributed by atoms with van der Waals surface area (Å²) < 4.78 is 5.23. The van der Waals surface area contributed by atoms with Crippen molar-refractivity contribution in [3.63, 3.8) is 0 Å². The summed E-state index contributed by atoms with van der Waals surface area (Å²) >= 11 is 0. The second kappa shape index (κ2) is 7.35. The fraction of sp³-hybridized carbons (Fsp3) is 0.217. The highest BCUT2D eigenvalue weighted by Crippen LogP contribution is 2.35. The highest BCUT2D eigenvalue weighted by molar-refractivity contribution is 5.99. The van der Waals surface area contributed by atoms with Gasteiger partial charge >= 0.3 is 0 Å². The maximum absolute atomic E-state index is 13.1. The highest BCUT2D eigenvalue weighted by Gasteiger charge is 2.38. The van der Waals surface area contributed by atoms with Gasteiger partial charge in [0, 0.05) is 18.4 Å². The van der Waals surface area contributed by atoms with E-state index in [-0.39, 0.29) is 12.1 Å². The fourth-order valence-electron chi connectivity index (χ4n) is 3.65. The Morgan fingerprint density at radius 3 is 2.43 bits per heavy atom. The first kappa shape index (κ1) is 18.0. The van der Waals surface area contributed by atoms with Gasteiger partial charge in [0.15, 0.2) is 0 Å². The zero-order valence-corrected chi connectivity index (χ0v) is 16.3. The van der Waals surface area contributed by atoms with Gasteiger partial charge in [-0.05, 0) is 54.8 Å². The molecule has 0 radical (unpaired) electrons. The van der Waals surface area contributed by atoms with Gasteiger partial charge in [-0.2, -0.15) is 0 Å². The van der Waals surface area contributed by atoms with E-state index >= 15 is 0 Å². The summed E-state index contributed by atoms with van der Waals surface area (Å²) in [6.45, 7) is 4.63. The maximum atomic E-state index is 13.1. The average molecular weight is 373 g/mol. The van der Waals surface area contributed by atoms with Crippen LogP contribution in [-0.2, 0) is 6.54 Å². The van der Waals surface area contributed by atoms with Crippen LogP contribution in [0.25, 0.3) is 0 Å². The number of methoxy groups -OCH3 is 1.